The largest absolute Gasteiger partial charge is 0.398 e. The molecule has 1 aliphatic heterocycles. The van der Waals surface area contributed by atoms with Gasteiger partial charge < -0.3 is 11.1 Å². The van der Waals surface area contributed by atoms with Crippen LogP contribution in [0, 0.1) is 11.2 Å². The molecular weight excluding hydrogens is 297 g/mol. The summed E-state index contributed by atoms with van der Waals surface area (Å²) < 4.78 is 39.4. The molecule has 1 heterocycles. The number of nitrogens with one attached hydrogen (secondary N) is 1. The molecule has 3 N–H and O–H groups in total. The van der Waals surface area contributed by atoms with Gasteiger partial charge in [0, 0.05) is 20.1 Å². The fraction of sp³-hybridized carbons (Fsp3) is 0.462. The smallest absolute Gasteiger partial charge is 0.245 e. The number of benzene rings is 1. The SMILES string of the molecule is CNC(=O)C1(C)CCN(S(=O)(=O)c2ccc(F)cc2N)C1. The highest BCUT2D eigenvalue weighted by Crippen LogP contribution is 2.34. The highest BCUT2D eigenvalue weighted by molar-refractivity contribution is 7.89. The van der Waals surface area contributed by atoms with E-state index in [0.717, 1.165) is 18.2 Å². The number of anilines is 1. The Balaban J connectivity index is 2.32. The first-order valence-corrected chi connectivity index (χ1v) is 7.92. The Morgan fingerprint density at radius 1 is 1.48 bits per heavy atom. The minimum Gasteiger partial charge on any atom is -0.398 e. The van der Waals surface area contributed by atoms with E-state index >= 15 is 0 Å². The summed E-state index contributed by atoms with van der Waals surface area (Å²) in [5, 5.41) is 2.54. The average molecular weight is 315 g/mol. The summed E-state index contributed by atoms with van der Waals surface area (Å²) >= 11 is 0. The summed E-state index contributed by atoms with van der Waals surface area (Å²) in [4.78, 5) is 11.7. The second-order valence-electron chi connectivity index (χ2n) is 5.41. The third kappa shape index (κ3) is 2.73. The first-order chi connectivity index (χ1) is 9.70. The molecular formula is C13H18FN3O3S. The van der Waals surface area contributed by atoms with Gasteiger partial charge in [0.25, 0.3) is 0 Å². The molecule has 0 spiro atoms. The van der Waals surface area contributed by atoms with Crippen molar-refractivity contribution in [3.63, 3.8) is 0 Å². The Kier molecular flexibility index (Phi) is 3.94. The summed E-state index contributed by atoms with van der Waals surface area (Å²) in [5.41, 5.74) is 4.70. The monoisotopic (exact) mass is 315 g/mol. The third-order valence-corrected chi connectivity index (χ3v) is 5.72. The molecule has 1 saturated heterocycles. The van der Waals surface area contributed by atoms with Gasteiger partial charge in [0.1, 0.15) is 10.7 Å². The van der Waals surface area contributed by atoms with Crippen LogP contribution >= 0.6 is 0 Å². The molecule has 1 aromatic rings. The van der Waals surface area contributed by atoms with Crippen molar-refractivity contribution in [1.82, 2.24) is 9.62 Å². The normalized spacial score (nSPS) is 23.2. The molecule has 0 aromatic heterocycles. The third-order valence-electron chi connectivity index (χ3n) is 3.80. The molecule has 6 nitrogen and oxygen atoms in total. The van der Waals surface area contributed by atoms with Gasteiger partial charge in [-0.25, -0.2) is 12.8 Å². The van der Waals surface area contributed by atoms with Crippen molar-refractivity contribution < 1.29 is 17.6 Å². The van der Waals surface area contributed by atoms with Crippen molar-refractivity contribution in [2.24, 2.45) is 5.41 Å². The van der Waals surface area contributed by atoms with Gasteiger partial charge in [-0.05, 0) is 31.5 Å². The van der Waals surface area contributed by atoms with Gasteiger partial charge in [0.15, 0.2) is 0 Å². The molecule has 1 atom stereocenters. The average Bonchev–Trinajstić information content (AvgIpc) is 2.82. The molecule has 1 fully saturated rings. The van der Waals surface area contributed by atoms with E-state index < -0.39 is 21.3 Å². The first-order valence-electron chi connectivity index (χ1n) is 6.48. The number of nitrogens with two attached hydrogens (primary N) is 1. The van der Waals surface area contributed by atoms with Crippen molar-refractivity contribution in [1.29, 1.82) is 0 Å². The Morgan fingerprint density at radius 3 is 2.71 bits per heavy atom. The van der Waals surface area contributed by atoms with Gasteiger partial charge >= 0.3 is 0 Å². The lowest BCUT2D eigenvalue weighted by Crippen LogP contribution is -2.40. The van der Waals surface area contributed by atoms with Gasteiger partial charge in [0.2, 0.25) is 15.9 Å². The van der Waals surface area contributed by atoms with Gasteiger partial charge in [-0.15, -0.1) is 0 Å². The second-order valence-corrected chi connectivity index (χ2v) is 7.32. The number of halogens is 1. The predicted molar refractivity (Wildman–Crippen MR) is 76.4 cm³/mol. The minimum absolute atomic E-state index is 0.0752. The number of nitrogens with zero attached hydrogens (tertiary/aromatic N) is 1. The maximum atomic E-state index is 13.0. The van der Waals surface area contributed by atoms with Crippen LogP contribution in [0.4, 0.5) is 10.1 Å². The van der Waals surface area contributed by atoms with Crippen LogP contribution in [0.5, 0.6) is 0 Å². The molecule has 0 radical (unpaired) electrons. The van der Waals surface area contributed by atoms with E-state index in [4.69, 9.17) is 5.73 Å². The van der Waals surface area contributed by atoms with Gasteiger partial charge in [-0.1, -0.05) is 0 Å². The fourth-order valence-corrected chi connectivity index (χ4v) is 4.17. The number of sulfonamides is 1. The molecule has 0 bridgehead atoms. The van der Waals surface area contributed by atoms with E-state index in [1.807, 2.05) is 0 Å². The number of hydrogen-bond donors (Lipinski definition) is 2. The summed E-state index contributed by atoms with van der Waals surface area (Å²) in [7, 11) is -2.32. The van der Waals surface area contributed by atoms with Crippen LogP contribution in [-0.4, -0.2) is 38.8 Å². The van der Waals surface area contributed by atoms with Crippen LogP contribution in [0.25, 0.3) is 0 Å². The molecule has 8 heteroatoms. The highest BCUT2D eigenvalue weighted by atomic mass is 32.2. The topological polar surface area (TPSA) is 92.5 Å². The zero-order chi connectivity index (χ0) is 15.8. The molecule has 1 amide bonds. The van der Waals surface area contributed by atoms with Crippen LogP contribution in [-0.2, 0) is 14.8 Å². The minimum atomic E-state index is -3.84. The van der Waals surface area contributed by atoms with E-state index in [-0.39, 0.29) is 29.6 Å². The molecule has 1 aromatic carbocycles. The lowest BCUT2D eigenvalue weighted by atomic mass is 9.89. The molecule has 1 aliphatic rings. The number of carbonyl (C=O) groups is 1. The fourth-order valence-electron chi connectivity index (χ4n) is 2.50. The lowest BCUT2D eigenvalue weighted by Gasteiger charge is -2.23. The first kappa shape index (κ1) is 15.7. The van der Waals surface area contributed by atoms with E-state index in [0.29, 0.717) is 6.42 Å². The van der Waals surface area contributed by atoms with Gasteiger partial charge in [-0.3, -0.25) is 4.79 Å². The van der Waals surface area contributed by atoms with Crippen molar-refractivity contribution in [3.8, 4) is 0 Å². The number of amides is 1. The summed E-state index contributed by atoms with van der Waals surface area (Å²) in [6.07, 6.45) is 0.424. The van der Waals surface area contributed by atoms with Crippen LogP contribution in [0.3, 0.4) is 0 Å². The summed E-state index contributed by atoms with van der Waals surface area (Å²) in [6, 6.07) is 3.17. The number of nitrogen functional groups attached to an aromatic ring is 1. The number of carbonyl (C=O) groups excluding carboxylic acids is 1. The molecule has 1 unspecified atom stereocenters. The molecule has 2 rings (SSSR count). The molecule has 116 valence electrons. The molecule has 0 aliphatic carbocycles. The second kappa shape index (κ2) is 5.27. The van der Waals surface area contributed by atoms with Crippen molar-refractivity contribution in [2.75, 3.05) is 25.9 Å². The van der Waals surface area contributed by atoms with Crippen LogP contribution < -0.4 is 11.1 Å². The van der Waals surface area contributed by atoms with E-state index in [1.54, 1.807) is 6.92 Å². The predicted octanol–water partition coefficient (Wildman–Crippen LogP) is 0.555. The van der Waals surface area contributed by atoms with Crippen molar-refractivity contribution in [3.05, 3.63) is 24.0 Å². The Labute approximate surface area is 123 Å². The van der Waals surface area contributed by atoms with Crippen LogP contribution in [0.15, 0.2) is 23.1 Å². The highest BCUT2D eigenvalue weighted by Gasteiger charge is 2.44. The van der Waals surface area contributed by atoms with Crippen molar-refractivity contribution >= 4 is 21.6 Å². The summed E-state index contributed by atoms with van der Waals surface area (Å²) in [6.45, 7) is 2.02. The molecule has 21 heavy (non-hydrogen) atoms. The van der Waals surface area contributed by atoms with Gasteiger partial charge in [0.05, 0.1) is 11.1 Å². The van der Waals surface area contributed by atoms with Crippen LogP contribution in [0.2, 0.25) is 0 Å². The standard InChI is InChI=1S/C13H18FN3O3S/c1-13(12(18)16-2)5-6-17(8-13)21(19,20)11-4-3-9(14)7-10(11)15/h3-4,7H,5-6,8,15H2,1-2H3,(H,16,18). The Bertz CT molecular complexity index is 677. The maximum absolute atomic E-state index is 13.0. The maximum Gasteiger partial charge on any atom is 0.245 e. The zero-order valence-corrected chi connectivity index (χ0v) is 12.7. The summed E-state index contributed by atoms with van der Waals surface area (Å²) in [5.74, 6) is -0.796. The Morgan fingerprint density at radius 2 is 2.14 bits per heavy atom. The zero-order valence-electron chi connectivity index (χ0n) is 11.9. The van der Waals surface area contributed by atoms with Gasteiger partial charge in [-0.2, -0.15) is 4.31 Å². The van der Waals surface area contributed by atoms with E-state index in [1.165, 1.54) is 11.4 Å². The van der Waals surface area contributed by atoms with E-state index in [9.17, 15) is 17.6 Å². The number of rotatable bonds is 3. The Hall–Kier alpha value is -1.67. The quantitative estimate of drug-likeness (QED) is 0.797. The number of hydrogen-bond acceptors (Lipinski definition) is 4. The van der Waals surface area contributed by atoms with Crippen LogP contribution in [0.1, 0.15) is 13.3 Å². The lowest BCUT2D eigenvalue weighted by molar-refractivity contribution is -0.128. The van der Waals surface area contributed by atoms with Crippen molar-refractivity contribution in [2.45, 2.75) is 18.2 Å². The van der Waals surface area contributed by atoms with E-state index in [2.05, 4.69) is 5.32 Å². The molecule has 0 saturated carbocycles.